The summed E-state index contributed by atoms with van der Waals surface area (Å²) in [4.78, 5) is 12.1. The molecule has 0 atom stereocenters. The van der Waals surface area contributed by atoms with Crippen LogP contribution in [0.3, 0.4) is 0 Å². The minimum absolute atomic E-state index is 0.407. The molecule has 0 N–H and O–H groups in total. The molecule has 0 saturated carbocycles. The van der Waals surface area contributed by atoms with Gasteiger partial charge in [0, 0.05) is 0 Å². The number of benzene rings is 2. The van der Waals surface area contributed by atoms with Gasteiger partial charge in [0.1, 0.15) is 17.1 Å². The quantitative estimate of drug-likeness (QED) is 0.622. The Morgan fingerprint density at radius 2 is 1.85 bits per heavy atom. The molecule has 2 aromatic rings. The molecule has 0 unspecified atom stereocenters. The van der Waals surface area contributed by atoms with Crippen LogP contribution in [0.25, 0.3) is 6.08 Å². The predicted molar refractivity (Wildman–Crippen MR) is 79.1 cm³/mol. The third-order valence-electron chi connectivity index (χ3n) is 2.76. The Labute approximate surface area is 118 Å². The third-order valence-corrected chi connectivity index (χ3v) is 2.76. The molecule has 0 aliphatic carbocycles. The molecule has 0 saturated heterocycles. The number of hydrogen-bond acceptors (Lipinski definition) is 3. The van der Waals surface area contributed by atoms with Crippen LogP contribution in [0.1, 0.15) is 22.8 Å². The highest BCUT2D eigenvalue weighted by atomic mass is 16.5. The first-order valence-corrected chi connectivity index (χ1v) is 6.32. The van der Waals surface area contributed by atoms with Crippen molar-refractivity contribution in [2.24, 2.45) is 0 Å². The highest BCUT2D eigenvalue weighted by molar-refractivity contribution is 5.94. The van der Waals surface area contributed by atoms with Gasteiger partial charge in [-0.05, 0) is 36.8 Å². The third kappa shape index (κ3) is 3.26. The van der Waals surface area contributed by atoms with Gasteiger partial charge in [0.25, 0.3) is 0 Å². The van der Waals surface area contributed by atoms with Crippen molar-refractivity contribution in [1.29, 1.82) is 0 Å². The average molecular weight is 268 g/mol. The lowest BCUT2D eigenvalue weighted by Gasteiger charge is -2.09. The molecular weight excluding hydrogens is 252 g/mol. The molecule has 0 aromatic heterocycles. The van der Waals surface area contributed by atoms with E-state index < -0.39 is 5.97 Å². The zero-order chi connectivity index (χ0) is 14.4. The maximum absolute atomic E-state index is 12.1. The van der Waals surface area contributed by atoms with Crippen LogP contribution in [0, 0.1) is 0 Å². The standard InChI is InChI=1S/C17H16O3/c1-3-7-13-10-11-15(16(12-13)19-2)17(18)20-14-8-5-4-6-9-14/h3-12H,1-2H3. The molecule has 0 aliphatic heterocycles. The monoisotopic (exact) mass is 268 g/mol. The van der Waals surface area contributed by atoms with Crippen molar-refractivity contribution in [3.8, 4) is 11.5 Å². The Bertz CT molecular complexity index is 615. The summed E-state index contributed by atoms with van der Waals surface area (Å²) >= 11 is 0. The van der Waals surface area contributed by atoms with Crippen molar-refractivity contribution in [2.75, 3.05) is 7.11 Å². The maximum atomic E-state index is 12.1. The molecule has 0 bridgehead atoms. The van der Waals surface area contributed by atoms with Gasteiger partial charge in [0.05, 0.1) is 7.11 Å². The van der Waals surface area contributed by atoms with Gasteiger partial charge in [-0.2, -0.15) is 0 Å². The lowest BCUT2D eigenvalue weighted by Crippen LogP contribution is -2.10. The van der Waals surface area contributed by atoms with Gasteiger partial charge in [-0.3, -0.25) is 0 Å². The lowest BCUT2D eigenvalue weighted by atomic mass is 10.1. The summed E-state index contributed by atoms with van der Waals surface area (Å²) < 4.78 is 10.6. The van der Waals surface area contributed by atoms with Crippen molar-refractivity contribution in [3.63, 3.8) is 0 Å². The van der Waals surface area contributed by atoms with Crippen molar-refractivity contribution in [3.05, 3.63) is 65.7 Å². The van der Waals surface area contributed by atoms with Gasteiger partial charge in [-0.1, -0.05) is 36.4 Å². The van der Waals surface area contributed by atoms with Gasteiger partial charge in [-0.25, -0.2) is 4.79 Å². The normalized spacial score (nSPS) is 10.5. The Hall–Kier alpha value is -2.55. The SMILES string of the molecule is CC=Cc1ccc(C(=O)Oc2ccccc2)c(OC)c1. The molecule has 2 rings (SSSR count). The molecule has 0 amide bonds. The van der Waals surface area contributed by atoms with E-state index in [2.05, 4.69) is 0 Å². The number of rotatable bonds is 4. The largest absolute Gasteiger partial charge is 0.496 e. The van der Waals surface area contributed by atoms with Crippen molar-refractivity contribution in [2.45, 2.75) is 6.92 Å². The molecule has 20 heavy (non-hydrogen) atoms. The highest BCUT2D eigenvalue weighted by Crippen LogP contribution is 2.23. The summed E-state index contributed by atoms with van der Waals surface area (Å²) in [5.41, 5.74) is 1.38. The fraction of sp³-hybridized carbons (Fsp3) is 0.118. The predicted octanol–water partition coefficient (Wildman–Crippen LogP) is 3.95. The average Bonchev–Trinajstić information content (AvgIpc) is 2.48. The van der Waals surface area contributed by atoms with Gasteiger partial charge in [0.15, 0.2) is 0 Å². The fourth-order valence-corrected chi connectivity index (χ4v) is 1.82. The maximum Gasteiger partial charge on any atom is 0.347 e. The zero-order valence-corrected chi connectivity index (χ0v) is 11.5. The van der Waals surface area contributed by atoms with Crippen LogP contribution in [-0.2, 0) is 0 Å². The smallest absolute Gasteiger partial charge is 0.347 e. The highest BCUT2D eigenvalue weighted by Gasteiger charge is 2.14. The number of hydrogen-bond donors (Lipinski definition) is 0. The molecule has 102 valence electrons. The summed E-state index contributed by atoms with van der Waals surface area (Å²) in [6, 6.07) is 14.3. The molecule has 0 aliphatic rings. The Morgan fingerprint density at radius 3 is 2.50 bits per heavy atom. The lowest BCUT2D eigenvalue weighted by molar-refractivity contribution is 0.0731. The molecule has 0 fully saturated rings. The first-order chi connectivity index (χ1) is 9.74. The van der Waals surface area contributed by atoms with Crippen LogP contribution < -0.4 is 9.47 Å². The van der Waals surface area contributed by atoms with E-state index in [9.17, 15) is 4.79 Å². The molecule has 0 heterocycles. The van der Waals surface area contributed by atoms with E-state index in [1.807, 2.05) is 49.4 Å². The molecular formula is C17H16O3. The van der Waals surface area contributed by atoms with E-state index in [0.717, 1.165) is 5.56 Å². The van der Waals surface area contributed by atoms with Crippen molar-refractivity contribution < 1.29 is 14.3 Å². The van der Waals surface area contributed by atoms with Crippen LogP contribution in [-0.4, -0.2) is 13.1 Å². The summed E-state index contributed by atoms with van der Waals surface area (Å²) in [7, 11) is 1.54. The Morgan fingerprint density at radius 1 is 1.10 bits per heavy atom. The summed E-state index contributed by atoms with van der Waals surface area (Å²) in [5, 5.41) is 0. The number of carbonyl (C=O) groups is 1. The molecule has 2 aromatic carbocycles. The Balaban J connectivity index is 2.25. The van der Waals surface area contributed by atoms with Crippen molar-refractivity contribution in [1.82, 2.24) is 0 Å². The van der Waals surface area contributed by atoms with Crippen LogP contribution >= 0.6 is 0 Å². The number of esters is 1. The second-order valence-electron chi connectivity index (χ2n) is 4.16. The molecule has 3 nitrogen and oxygen atoms in total. The van der Waals surface area contributed by atoms with Crippen LogP contribution in [0.4, 0.5) is 0 Å². The number of para-hydroxylation sites is 1. The number of ether oxygens (including phenoxy) is 2. The molecule has 0 spiro atoms. The zero-order valence-electron chi connectivity index (χ0n) is 11.5. The summed E-state index contributed by atoms with van der Waals surface area (Å²) in [6.45, 7) is 1.93. The van der Waals surface area contributed by atoms with E-state index in [1.54, 1.807) is 18.2 Å². The van der Waals surface area contributed by atoms with E-state index >= 15 is 0 Å². The minimum atomic E-state index is -0.430. The topological polar surface area (TPSA) is 35.5 Å². The van der Waals surface area contributed by atoms with Gasteiger partial charge < -0.3 is 9.47 Å². The number of methoxy groups -OCH3 is 1. The first-order valence-electron chi connectivity index (χ1n) is 6.32. The Kier molecular flexibility index (Phi) is 4.56. The minimum Gasteiger partial charge on any atom is -0.496 e. The van der Waals surface area contributed by atoms with Gasteiger partial charge >= 0.3 is 5.97 Å². The second kappa shape index (κ2) is 6.57. The number of carbonyl (C=O) groups excluding carboxylic acids is 1. The van der Waals surface area contributed by atoms with E-state index in [1.165, 1.54) is 7.11 Å². The van der Waals surface area contributed by atoms with Crippen molar-refractivity contribution >= 4 is 12.0 Å². The molecule has 0 radical (unpaired) electrons. The summed E-state index contributed by atoms with van der Waals surface area (Å²) in [5.74, 6) is 0.582. The molecule has 3 heteroatoms. The van der Waals surface area contributed by atoms with Crippen LogP contribution in [0.5, 0.6) is 11.5 Å². The van der Waals surface area contributed by atoms with E-state index in [-0.39, 0.29) is 0 Å². The fourth-order valence-electron chi connectivity index (χ4n) is 1.82. The van der Waals surface area contributed by atoms with Crippen LogP contribution in [0.15, 0.2) is 54.6 Å². The van der Waals surface area contributed by atoms with E-state index in [0.29, 0.717) is 17.1 Å². The second-order valence-corrected chi connectivity index (χ2v) is 4.16. The first kappa shape index (κ1) is 13.9. The van der Waals surface area contributed by atoms with E-state index in [4.69, 9.17) is 9.47 Å². The van der Waals surface area contributed by atoms with Gasteiger partial charge in [-0.15, -0.1) is 0 Å². The number of allylic oxidation sites excluding steroid dienone is 1. The van der Waals surface area contributed by atoms with Crippen LogP contribution in [0.2, 0.25) is 0 Å². The summed E-state index contributed by atoms with van der Waals surface area (Å²) in [6.07, 6.45) is 3.87. The van der Waals surface area contributed by atoms with Gasteiger partial charge in [0.2, 0.25) is 0 Å².